The normalized spacial score (nSPS) is 19.4. The van der Waals surface area contributed by atoms with Crippen molar-refractivity contribution in [3.8, 4) is 11.8 Å². The third-order valence-electron chi connectivity index (χ3n) is 3.42. The number of methoxy groups -OCH3 is 1. The lowest BCUT2D eigenvalue weighted by atomic mass is 9.84. The van der Waals surface area contributed by atoms with Gasteiger partial charge in [-0.3, -0.25) is 4.79 Å². The molecule has 5 heteroatoms. The van der Waals surface area contributed by atoms with Crippen LogP contribution in [0.15, 0.2) is 24.3 Å². The highest BCUT2D eigenvalue weighted by Crippen LogP contribution is 2.38. The molecule has 0 unspecified atom stereocenters. The predicted octanol–water partition coefficient (Wildman–Crippen LogP) is 1.93. The summed E-state index contributed by atoms with van der Waals surface area (Å²) in [6.07, 6.45) is 0.0842. The summed E-state index contributed by atoms with van der Waals surface area (Å²) in [5, 5.41) is 0. The number of hydrogen-bond donors (Lipinski definition) is 0. The summed E-state index contributed by atoms with van der Waals surface area (Å²) in [7, 11) is 1.18. The summed E-state index contributed by atoms with van der Waals surface area (Å²) < 4.78 is 9.85. The van der Waals surface area contributed by atoms with E-state index in [9.17, 15) is 14.4 Å². The van der Waals surface area contributed by atoms with Crippen LogP contribution in [0, 0.1) is 17.3 Å². The van der Waals surface area contributed by atoms with Gasteiger partial charge in [-0.1, -0.05) is 30.2 Å². The fraction of sp³-hybridized carbons (Fsp3) is 0.389. The number of carbonyl (C=O) groups is 3. The SMILES string of the molecule is COC(=O)C#C[C@@]1(C(=O)OC(C)(C)C)Cc2ccccc2C1=O. The molecule has 0 aromatic heterocycles. The van der Waals surface area contributed by atoms with E-state index < -0.39 is 28.7 Å². The van der Waals surface area contributed by atoms with E-state index in [0.29, 0.717) is 11.1 Å². The number of fused-ring (bicyclic) bond motifs is 1. The molecule has 5 nitrogen and oxygen atoms in total. The second-order valence-electron chi connectivity index (χ2n) is 6.31. The molecule has 120 valence electrons. The molecule has 1 atom stereocenters. The summed E-state index contributed by atoms with van der Waals surface area (Å²) in [5.41, 5.74) is -1.34. The highest BCUT2D eigenvalue weighted by molar-refractivity contribution is 6.19. The van der Waals surface area contributed by atoms with Crippen molar-refractivity contribution in [2.75, 3.05) is 7.11 Å². The molecule has 0 amide bonds. The average Bonchev–Trinajstić information content (AvgIpc) is 2.77. The average molecular weight is 314 g/mol. The van der Waals surface area contributed by atoms with Crippen molar-refractivity contribution in [2.45, 2.75) is 32.8 Å². The lowest BCUT2D eigenvalue weighted by Crippen LogP contribution is -2.41. The Bertz CT molecular complexity index is 730. The fourth-order valence-electron chi connectivity index (χ4n) is 2.38. The number of ether oxygens (including phenoxy) is 2. The molecule has 1 aromatic carbocycles. The van der Waals surface area contributed by atoms with Gasteiger partial charge in [0.1, 0.15) is 5.60 Å². The number of carbonyl (C=O) groups excluding carboxylic acids is 3. The van der Waals surface area contributed by atoms with E-state index in [1.165, 1.54) is 7.11 Å². The van der Waals surface area contributed by atoms with Gasteiger partial charge >= 0.3 is 11.9 Å². The second kappa shape index (κ2) is 5.88. The van der Waals surface area contributed by atoms with Gasteiger partial charge in [-0.05, 0) is 26.3 Å². The van der Waals surface area contributed by atoms with E-state index in [1.54, 1.807) is 45.0 Å². The molecular formula is C18H18O5. The quantitative estimate of drug-likeness (QED) is 0.343. The summed E-state index contributed by atoms with van der Waals surface area (Å²) >= 11 is 0. The van der Waals surface area contributed by atoms with Crippen molar-refractivity contribution in [1.29, 1.82) is 0 Å². The number of hydrogen-bond acceptors (Lipinski definition) is 5. The van der Waals surface area contributed by atoms with Crippen LogP contribution in [0.25, 0.3) is 0 Å². The van der Waals surface area contributed by atoms with Crippen molar-refractivity contribution in [2.24, 2.45) is 5.41 Å². The maximum Gasteiger partial charge on any atom is 0.384 e. The molecule has 1 aromatic rings. The maximum absolute atomic E-state index is 12.8. The van der Waals surface area contributed by atoms with Crippen LogP contribution in [0.4, 0.5) is 0 Å². The molecule has 2 rings (SSSR count). The minimum absolute atomic E-state index is 0.0842. The Balaban J connectivity index is 2.50. The van der Waals surface area contributed by atoms with E-state index in [0.717, 1.165) is 0 Å². The second-order valence-corrected chi connectivity index (χ2v) is 6.31. The van der Waals surface area contributed by atoms with Crippen molar-refractivity contribution < 1.29 is 23.9 Å². The predicted molar refractivity (Wildman–Crippen MR) is 82.5 cm³/mol. The van der Waals surface area contributed by atoms with Crippen molar-refractivity contribution in [3.05, 3.63) is 35.4 Å². The minimum Gasteiger partial charge on any atom is -0.459 e. The van der Waals surface area contributed by atoms with Gasteiger partial charge in [0, 0.05) is 17.9 Å². The van der Waals surface area contributed by atoms with Crippen LogP contribution < -0.4 is 0 Å². The van der Waals surface area contributed by atoms with Gasteiger partial charge in [0.2, 0.25) is 0 Å². The Morgan fingerprint density at radius 1 is 1.22 bits per heavy atom. The highest BCUT2D eigenvalue weighted by Gasteiger charge is 2.52. The van der Waals surface area contributed by atoms with E-state index in [4.69, 9.17) is 4.74 Å². The number of Topliss-reactive ketones (excluding diaryl/α,β-unsaturated/α-hetero) is 1. The summed E-state index contributed by atoms with van der Waals surface area (Å²) in [6, 6.07) is 6.91. The van der Waals surface area contributed by atoms with Crippen molar-refractivity contribution in [3.63, 3.8) is 0 Å². The van der Waals surface area contributed by atoms with E-state index in [1.807, 2.05) is 0 Å². The number of benzene rings is 1. The van der Waals surface area contributed by atoms with Gasteiger partial charge < -0.3 is 9.47 Å². The van der Waals surface area contributed by atoms with Crippen molar-refractivity contribution in [1.82, 2.24) is 0 Å². The van der Waals surface area contributed by atoms with Crippen molar-refractivity contribution >= 4 is 17.7 Å². The molecule has 0 spiro atoms. The molecule has 0 saturated carbocycles. The van der Waals surface area contributed by atoms with Crippen LogP contribution in [0.1, 0.15) is 36.7 Å². The first-order valence-electron chi connectivity index (χ1n) is 7.17. The largest absolute Gasteiger partial charge is 0.459 e. The fourth-order valence-corrected chi connectivity index (χ4v) is 2.38. The molecule has 0 heterocycles. The number of esters is 2. The maximum atomic E-state index is 12.8. The van der Waals surface area contributed by atoms with Crippen LogP contribution in [0.3, 0.4) is 0 Å². The van der Waals surface area contributed by atoms with Gasteiger partial charge in [-0.2, -0.15) is 0 Å². The molecule has 0 N–H and O–H groups in total. The van der Waals surface area contributed by atoms with Gasteiger partial charge in [-0.25, -0.2) is 9.59 Å². The Hall–Kier alpha value is -2.61. The van der Waals surface area contributed by atoms with E-state index in [2.05, 4.69) is 16.6 Å². The van der Waals surface area contributed by atoms with Gasteiger partial charge in [-0.15, -0.1) is 0 Å². The molecular weight excluding hydrogens is 296 g/mol. The lowest BCUT2D eigenvalue weighted by molar-refractivity contribution is -0.161. The first-order valence-corrected chi connectivity index (χ1v) is 7.17. The van der Waals surface area contributed by atoms with E-state index >= 15 is 0 Å². The lowest BCUT2D eigenvalue weighted by Gasteiger charge is -2.26. The molecule has 0 fully saturated rings. The molecule has 0 aliphatic heterocycles. The zero-order chi connectivity index (χ0) is 17.3. The van der Waals surface area contributed by atoms with E-state index in [-0.39, 0.29) is 6.42 Å². The summed E-state index contributed by atoms with van der Waals surface area (Å²) in [4.78, 5) is 36.8. The topological polar surface area (TPSA) is 69.7 Å². The Morgan fingerprint density at radius 3 is 2.43 bits per heavy atom. The molecule has 0 radical (unpaired) electrons. The molecule has 1 aliphatic carbocycles. The molecule has 23 heavy (non-hydrogen) atoms. The third kappa shape index (κ3) is 3.26. The van der Waals surface area contributed by atoms with Crippen LogP contribution in [0.5, 0.6) is 0 Å². The first kappa shape index (κ1) is 16.8. The van der Waals surface area contributed by atoms with Gasteiger partial charge in [0.25, 0.3) is 0 Å². The Kier molecular flexibility index (Phi) is 4.28. The Morgan fingerprint density at radius 2 is 1.87 bits per heavy atom. The highest BCUT2D eigenvalue weighted by atomic mass is 16.6. The van der Waals surface area contributed by atoms with Crippen LogP contribution in [-0.4, -0.2) is 30.4 Å². The molecule has 0 saturated heterocycles. The van der Waals surface area contributed by atoms with Crippen LogP contribution >= 0.6 is 0 Å². The molecule has 1 aliphatic rings. The van der Waals surface area contributed by atoms with Crippen LogP contribution in [0.2, 0.25) is 0 Å². The van der Waals surface area contributed by atoms with Gasteiger partial charge in [0.15, 0.2) is 11.2 Å². The third-order valence-corrected chi connectivity index (χ3v) is 3.42. The Labute approximate surface area is 135 Å². The first-order chi connectivity index (χ1) is 10.7. The van der Waals surface area contributed by atoms with Gasteiger partial charge in [0.05, 0.1) is 7.11 Å². The van der Waals surface area contributed by atoms with Crippen LogP contribution in [-0.2, 0) is 25.5 Å². The number of rotatable bonds is 1. The minimum atomic E-state index is -1.70. The standard InChI is InChI=1S/C18H18O5/c1-17(2,3)23-16(21)18(10-9-14(19)22-4)11-12-7-5-6-8-13(12)15(18)20/h5-8H,11H2,1-4H3/t18-/m1/s1. The smallest absolute Gasteiger partial charge is 0.384 e. The zero-order valence-electron chi connectivity index (χ0n) is 13.6. The molecule has 0 bridgehead atoms. The zero-order valence-corrected chi connectivity index (χ0v) is 13.6. The number of ketones is 1. The summed E-state index contributed by atoms with van der Waals surface area (Å²) in [6.45, 7) is 5.12. The summed E-state index contributed by atoms with van der Waals surface area (Å²) in [5.74, 6) is 2.73. The monoisotopic (exact) mass is 314 g/mol.